The standard InChI is InChI=1S/C8H10N2O/c1-10-7-5-3-2-4-6(7)9-8(10)11/h3,5H,2,4H2,1H3,(H,9,11). The van der Waals surface area contributed by atoms with Gasteiger partial charge in [0.2, 0.25) is 0 Å². The van der Waals surface area contributed by atoms with E-state index in [4.69, 9.17) is 0 Å². The molecule has 1 heterocycles. The minimum atomic E-state index is -0.0125. The van der Waals surface area contributed by atoms with E-state index in [1.54, 1.807) is 11.6 Å². The van der Waals surface area contributed by atoms with Gasteiger partial charge >= 0.3 is 5.69 Å². The Kier molecular flexibility index (Phi) is 1.24. The van der Waals surface area contributed by atoms with Gasteiger partial charge in [-0.15, -0.1) is 0 Å². The second-order valence-electron chi connectivity index (χ2n) is 2.79. The molecule has 0 amide bonds. The van der Waals surface area contributed by atoms with Gasteiger partial charge in [-0.2, -0.15) is 0 Å². The fourth-order valence-electron chi connectivity index (χ4n) is 1.41. The summed E-state index contributed by atoms with van der Waals surface area (Å²) in [7, 11) is 1.79. The van der Waals surface area contributed by atoms with Crippen LogP contribution in [0.25, 0.3) is 6.08 Å². The van der Waals surface area contributed by atoms with E-state index in [0.717, 1.165) is 24.2 Å². The molecule has 1 aliphatic carbocycles. The van der Waals surface area contributed by atoms with Crippen LogP contribution in [0.4, 0.5) is 0 Å². The smallest absolute Gasteiger partial charge is 0.309 e. The lowest BCUT2D eigenvalue weighted by Crippen LogP contribution is -2.13. The van der Waals surface area contributed by atoms with Crippen LogP contribution in [0.15, 0.2) is 10.9 Å². The first-order valence-electron chi connectivity index (χ1n) is 3.73. The van der Waals surface area contributed by atoms with E-state index in [9.17, 15) is 4.79 Å². The summed E-state index contributed by atoms with van der Waals surface area (Å²) in [6, 6.07) is 0. The predicted octanol–water partition coefficient (Wildman–Crippen LogP) is 0.673. The van der Waals surface area contributed by atoms with Crippen LogP contribution in [0.1, 0.15) is 17.8 Å². The number of rotatable bonds is 0. The quantitative estimate of drug-likeness (QED) is 0.580. The number of nitrogens with zero attached hydrogens (tertiary/aromatic N) is 1. The van der Waals surface area contributed by atoms with Gasteiger partial charge in [-0.1, -0.05) is 6.08 Å². The average Bonchev–Trinajstić information content (AvgIpc) is 2.30. The second-order valence-corrected chi connectivity index (χ2v) is 2.79. The van der Waals surface area contributed by atoms with E-state index in [0.29, 0.717) is 0 Å². The number of hydrogen-bond acceptors (Lipinski definition) is 1. The minimum Gasteiger partial charge on any atom is -0.309 e. The van der Waals surface area contributed by atoms with E-state index < -0.39 is 0 Å². The highest BCUT2D eigenvalue weighted by molar-refractivity contribution is 5.50. The number of aromatic amines is 1. The van der Waals surface area contributed by atoms with Gasteiger partial charge in [0.05, 0.1) is 5.69 Å². The van der Waals surface area contributed by atoms with Gasteiger partial charge < -0.3 is 4.98 Å². The Morgan fingerprint density at radius 3 is 3.18 bits per heavy atom. The van der Waals surface area contributed by atoms with Crippen molar-refractivity contribution in [1.82, 2.24) is 9.55 Å². The lowest BCUT2D eigenvalue weighted by Gasteiger charge is -2.03. The molecule has 0 radical (unpaired) electrons. The van der Waals surface area contributed by atoms with Crippen LogP contribution in [-0.2, 0) is 13.5 Å². The number of imidazole rings is 1. The number of aryl methyl sites for hydroxylation is 1. The summed E-state index contributed by atoms with van der Waals surface area (Å²) in [5.41, 5.74) is 2.09. The summed E-state index contributed by atoms with van der Waals surface area (Å²) in [6.45, 7) is 0. The molecule has 2 rings (SSSR count). The fourth-order valence-corrected chi connectivity index (χ4v) is 1.41. The first-order valence-corrected chi connectivity index (χ1v) is 3.73. The molecule has 1 aromatic heterocycles. The maximum atomic E-state index is 11.1. The molecular weight excluding hydrogens is 140 g/mol. The molecule has 58 valence electrons. The van der Waals surface area contributed by atoms with Gasteiger partial charge in [0.1, 0.15) is 0 Å². The van der Waals surface area contributed by atoms with Gasteiger partial charge in [-0.05, 0) is 18.9 Å². The molecule has 3 nitrogen and oxygen atoms in total. The molecule has 0 spiro atoms. The number of fused-ring (bicyclic) bond motifs is 1. The zero-order valence-corrected chi connectivity index (χ0v) is 6.42. The van der Waals surface area contributed by atoms with E-state index in [-0.39, 0.29) is 5.69 Å². The molecule has 0 fully saturated rings. The molecule has 0 aliphatic heterocycles. The second kappa shape index (κ2) is 2.12. The maximum Gasteiger partial charge on any atom is 0.325 e. The van der Waals surface area contributed by atoms with Gasteiger partial charge in [-0.25, -0.2) is 4.79 Å². The highest BCUT2D eigenvalue weighted by Crippen LogP contribution is 2.13. The number of hydrogen-bond donors (Lipinski definition) is 1. The molecule has 0 saturated carbocycles. The Morgan fingerprint density at radius 1 is 1.64 bits per heavy atom. The minimum absolute atomic E-state index is 0.0125. The number of aromatic nitrogens is 2. The maximum absolute atomic E-state index is 11.1. The van der Waals surface area contributed by atoms with Crippen LogP contribution in [0, 0.1) is 0 Å². The summed E-state index contributed by atoms with van der Waals surface area (Å²) in [5.74, 6) is 0. The van der Waals surface area contributed by atoms with Crippen molar-refractivity contribution in [3.8, 4) is 0 Å². The third kappa shape index (κ3) is 0.843. The van der Waals surface area contributed by atoms with Crippen LogP contribution in [0.2, 0.25) is 0 Å². The monoisotopic (exact) mass is 150 g/mol. The molecule has 0 aromatic carbocycles. The van der Waals surface area contributed by atoms with E-state index >= 15 is 0 Å². The lowest BCUT2D eigenvalue weighted by atomic mass is 10.1. The van der Waals surface area contributed by atoms with Crippen molar-refractivity contribution >= 4 is 6.08 Å². The Labute approximate surface area is 64.4 Å². The van der Waals surface area contributed by atoms with Crippen LogP contribution in [-0.4, -0.2) is 9.55 Å². The third-order valence-electron chi connectivity index (χ3n) is 2.07. The fraction of sp³-hybridized carbons (Fsp3) is 0.375. The first-order chi connectivity index (χ1) is 5.29. The molecule has 0 saturated heterocycles. The number of allylic oxidation sites excluding steroid dienone is 1. The molecule has 3 heteroatoms. The predicted molar refractivity (Wildman–Crippen MR) is 43.4 cm³/mol. The highest BCUT2D eigenvalue weighted by Gasteiger charge is 2.09. The lowest BCUT2D eigenvalue weighted by molar-refractivity contribution is 0.849. The van der Waals surface area contributed by atoms with Crippen molar-refractivity contribution in [2.45, 2.75) is 12.8 Å². The van der Waals surface area contributed by atoms with Gasteiger partial charge in [0.25, 0.3) is 0 Å². The largest absolute Gasteiger partial charge is 0.325 e. The summed E-state index contributed by atoms with van der Waals surface area (Å²) in [4.78, 5) is 13.9. The van der Waals surface area contributed by atoms with Crippen LogP contribution in [0.5, 0.6) is 0 Å². The summed E-state index contributed by atoms with van der Waals surface area (Å²) in [5, 5.41) is 0. The first kappa shape index (κ1) is 6.46. The Bertz CT molecular complexity index is 357. The normalized spacial score (nSPS) is 15.0. The Morgan fingerprint density at radius 2 is 2.45 bits per heavy atom. The Balaban J connectivity index is 2.71. The van der Waals surface area contributed by atoms with Crippen molar-refractivity contribution in [3.63, 3.8) is 0 Å². The van der Waals surface area contributed by atoms with Crippen molar-refractivity contribution in [3.05, 3.63) is 27.9 Å². The summed E-state index contributed by atoms with van der Waals surface area (Å²) < 4.78 is 1.64. The zero-order chi connectivity index (χ0) is 7.84. The van der Waals surface area contributed by atoms with Crippen molar-refractivity contribution in [2.75, 3.05) is 0 Å². The SMILES string of the molecule is Cn1c2c([nH]c1=O)CCC=C2. The molecule has 0 atom stereocenters. The molecule has 0 bridgehead atoms. The van der Waals surface area contributed by atoms with Gasteiger partial charge in [0, 0.05) is 12.7 Å². The molecule has 1 N–H and O–H groups in total. The van der Waals surface area contributed by atoms with Crippen molar-refractivity contribution in [2.24, 2.45) is 7.05 Å². The average molecular weight is 150 g/mol. The number of H-pyrrole nitrogens is 1. The molecule has 1 aromatic rings. The van der Waals surface area contributed by atoms with Crippen LogP contribution < -0.4 is 5.69 Å². The highest BCUT2D eigenvalue weighted by atomic mass is 16.1. The third-order valence-corrected chi connectivity index (χ3v) is 2.07. The van der Waals surface area contributed by atoms with E-state index in [2.05, 4.69) is 11.1 Å². The van der Waals surface area contributed by atoms with Gasteiger partial charge in [-0.3, -0.25) is 4.57 Å². The summed E-state index contributed by atoms with van der Waals surface area (Å²) in [6.07, 6.45) is 6.08. The summed E-state index contributed by atoms with van der Waals surface area (Å²) >= 11 is 0. The number of nitrogens with one attached hydrogen (secondary N) is 1. The van der Waals surface area contributed by atoms with Crippen molar-refractivity contribution in [1.29, 1.82) is 0 Å². The molecule has 1 aliphatic rings. The zero-order valence-electron chi connectivity index (χ0n) is 6.42. The van der Waals surface area contributed by atoms with Crippen LogP contribution >= 0.6 is 0 Å². The topological polar surface area (TPSA) is 37.8 Å². The molecule has 0 unspecified atom stereocenters. The Hall–Kier alpha value is -1.25. The van der Waals surface area contributed by atoms with Crippen molar-refractivity contribution < 1.29 is 0 Å². The molecule has 11 heavy (non-hydrogen) atoms. The van der Waals surface area contributed by atoms with E-state index in [1.165, 1.54) is 0 Å². The van der Waals surface area contributed by atoms with Gasteiger partial charge in [0.15, 0.2) is 0 Å². The van der Waals surface area contributed by atoms with Crippen LogP contribution in [0.3, 0.4) is 0 Å². The van der Waals surface area contributed by atoms with E-state index in [1.807, 2.05) is 6.08 Å². The molecular formula is C8H10N2O.